The van der Waals surface area contributed by atoms with E-state index in [-0.39, 0.29) is 17.3 Å². The number of ketones is 1. The Morgan fingerprint density at radius 3 is 2.68 bits per heavy atom. The van der Waals surface area contributed by atoms with Gasteiger partial charge >= 0.3 is 5.97 Å². The van der Waals surface area contributed by atoms with Crippen molar-refractivity contribution in [2.24, 2.45) is 11.3 Å². The van der Waals surface area contributed by atoms with Gasteiger partial charge in [-0.1, -0.05) is 19.9 Å². The molecule has 1 aliphatic carbocycles. The van der Waals surface area contributed by atoms with Gasteiger partial charge in [0, 0.05) is 17.8 Å². The third kappa shape index (κ3) is 3.28. The van der Waals surface area contributed by atoms with Crippen molar-refractivity contribution in [1.29, 1.82) is 0 Å². The second-order valence-corrected chi connectivity index (χ2v) is 7.82. The van der Waals surface area contributed by atoms with E-state index in [0.29, 0.717) is 23.5 Å². The number of allylic oxidation sites excluding steroid dienone is 3. The highest BCUT2D eigenvalue weighted by Crippen LogP contribution is 2.47. The molecule has 0 spiro atoms. The topological polar surface area (TPSA) is 68.5 Å². The van der Waals surface area contributed by atoms with Crippen LogP contribution in [0.3, 0.4) is 0 Å². The Morgan fingerprint density at radius 1 is 1.36 bits per heavy atom. The second kappa shape index (κ2) is 6.21. The number of Topliss-reactive ketones (excluding diaryl/α,β-unsaturated/α-hetero) is 1. The summed E-state index contributed by atoms with van der Waals surface area (Å²) in [7, 11) is 0. The molecule has 2 heterocycles. The molecule has 1 aromatic rings. The monoisotopic (exact) mass is 343 g/mol. The van der Waals surface area contributed by atoms with Crippen molar-refractivity contribution >= 4 is 11.8 Å². The number of furan rings is 1. The Bertz CT molecular complexity index is 753. The molecule has 2 unspecified atom stereocenters. The third-order valence-corrected chi connectivity index (χ3v) is 4.65. The highest BCUT2D eigenvalue weighted by Gasteiger charge is 2.47. The van der Waals surface area contributed by atoms with Crippen LogP contribution < -0.4 is 5.32 Å². The molecule has 0 fully saturated rings. The molecule has 3 rings (SSSR count). The molecular formula is C20H25NO4. The van der Waals surface area contributed by atoms with Gasteiger partial charge in [-0.25, -0.2) is 4.79 Å². The number of rotatable bonds is 3. The minimum atomic E-state index is -0.461. The first-order chi connectivity index (χ1) is 11.7. The average Bonchev–Trinajstić information content (AvgIpc) is 2.96. The minimum absolute atomic E-state index is 0.110. The fourth-order valence-corrected chi connectivity index (χ4v) is 3.79. The van der Waals surface area contributed by atoms with Gasteiger partial charge in [0.2, 0.25) is 0 Å². The predicted molar refractivity (Wildman–Crippen MR) is 93.5 cm³/mol. The molecule has 25 heavy (non-hydrogen) atoms. The maximum absolute atomic E-state index is 12.9. The van der Waals surface area contributed by atoms with E-state index in [2.05, 4.69) is 11.4 Å². The van der Waals surface area contributed by atoms with Crippen LogP contribution >= 0.6 is 0 Å². The van der Waals surface area contributed by atoms with E-state index in [1.807, 2.05) is 40.7 Å². The Hall–Kier alpha value is -2.30. The smallest absolute Gasteiger partial charge is 0.336 e. The van der Waals surface area contributed by atoms with Crippen LogP contribution in [-0.2, 0) is 14.3 Å². The van der Waals surface area contributed by atoms with Gasteiger partial charge in [-0.2, -0.15) is 0 Å². The van der Waals surface area contributed by atoms with Gasteiger partial charge < -0.3 is 14.5 Å². The van der Waals surface area contributed by atoms with Gasteiger partial charge in [0.05, 0.1) is 29.8 Å². The van der Waals surface area contributed by atoms with E-state index in [0.717, 1.165) is 5.70 Å². The van der Waals surface area contributed by atoms with Gasteiger partial charge in [-0.3, -0.25) is 4.79 Å². The molecule has 1 aromatic heterocycles. The summed E-state index contributed by atoms with van der Waals surface area (Å²) in [5, 5.41) is 3.28. The number of esters is 1. The summed E-state index contributed by atoms with van der Waals surface area (Å²) in [6, 6.07) is 3.59. The van der Waals surface area contributed by atoms with Gasteiger partial charge in [-0.15, -0.1) is 0 Å². The molecule has 0 saturated carbocycles. The zero-order valence-electron chi connectivity index (χ0n) is 15.4. The Kier molecular flexibility index (Phi) is 4.35. The van der Waals surface area contributed by atoms with Crippen molar-refractivity contribution in [1.82, 2.24) is 5.32 Å². The van der Waals surface area contributed by atoms with Crippen LogP contribution in [0.2, 0.25) is 0 Å². The number of nitrogens with one attached hydrogen (secondary N) is 1. The molecular weight excluding hydrogens is 318 g/mol. The highest BCUT2D eigenvalue weighted by atomic mass is 16.5. The van der Waals surface area contributed by atoms with Gasteiger partial charge in [0.25, 0.3) is 0 Å². The summed E-state index contributed by atoms with van der Waals surface area (Å²) < 4.78 is 11.0. The Balaban J connectivity index is 2.14. The Labute approximate surface area is 148 Å². The number of hydrogen-bond acceptors (Lipinski definition) is 5. The van der Waals surface area contributed by atoms with Crippen molar-refractivity contribution in [2.45, 2.75) is 53.1 Å². The number of hydrogen-bond donors (Lipinski definition) is 1. The summed E-state index contributed by atoms with van der Waals surface area (Å²) in [6.07, 6.45) is 3.87. The van der Waals surface area contributed by atoms with E-state index in [1.165, 1.54) is 0 Å². The molecule has 2 atom stereocenters. The minimum Gasteiger partial charge on any atom is -0.469 e. The Morgan fingerprint density at radius 2 is 2.08 bits per heavy atom. The molecule has 0 aromatic carbocycles. The number of carbonyl (C=O) groups is 2. The molecule has 0 amide bonds. The normalized spacial score (nSPS) is 25.4. The van der Waals surface area contributed by atoms with Crippen molar-refractivity contribution in [3.63, 3.8) is 0 Å². The third-order valence-electron chi connectivity index (χ3n) is 4.65. The van der Waals surface area contributed by atoms with Crippen molar-refractivity contribution in [3.05, 3.63) is 47.2 Å². The predicted octanol–water partition coefficient (Wildman–Crippen LogP) is 3.69. The van der Waals surface area contributed by atoms with Crippen molar-refractivity contribution in [3.8, 4) is 0 Å². The first-order valence-corrected chi connectivity index (χ1v) is 8.67. The standard InChI is InChI=1S/C20H25NO4/c1-11(2)25-19(23)16-12(3)21-13-9-20(4,5)10-14(22)17(13)18(16)15-7-6-8-24-15/h6-9,11,17-18,21H,10H2,1-5H3. The molecule has 134 valence electrons. The van der Waals surface area contributed by atoms with Crippen LogP contribution in [0.25, 0.3) is 0 Å². The molecule has 0 bridgehead atoms. The number of carbonyl (C=O) groups excluding carboxylic acids is 2. The lowest BCUT2D eigenvalue weighted by atomic mass is 9.67. The van der Waals surface area contributed by atoms with E-state index >= 15 is 0 Å². The van der Waals surface area contributed by atoms with Gasteiger partial charge in [0.1, 0.15) is 11.5 Å². The average molecular weight is 343 g/mol. The first-order valence-electron chi connectivity index (χ1n) is 8.67. The summed E-state index contributed by atoms with van der Waals surface area (Å²) in [4.78, 5) is 25.7. The maximum atomic E-state index is 12.9. The van der Waals surface area contributed by atoms with Crippen molar-refractivity contribution < 1.29 is 18.7 Å². The largest absolute Gasteiger partial charge is 0.469 e. The maximum Gasteiger partial charge on any atom is 0.336 e. The lowest BCUT2D eigenvalue weighted by Gasteiger charge is -2.40. The molecule has 1 aliphatic heterocycles. The second-order valence-electron chi connectivity index (χ2n) is 7.82. The molecule has 2 aliphatic rings. The van der Waals surface area contributed by atoms with Crippen LogP contribution in [0.15, 0.2) is 45.9 Å². The fourth-order valence-electron chi connectivity index (χ4n) is 3.79. The van der Waals surface area contributed by atoms with E-state index in [9.17, 15) is 9.59 Å². The van der Waals surface area contributed by atoms with Crippen LogP contribution in [0.5, 0.6) is 0 Å². The van der Waals surface area contributed by atoms with E-state index in [4.69, 9.17) is 9.15 Å². The van der Waals surface area contributed by atoms with Crippen LogP contribution in [-0.4, -0.2) is 17.9 Å². The molecule has 5 heteroatoms. The first kappa shape index (κ1) is 17.5. The van der Waals surface area contributed by atoms with Crippen LogP contribution in [0, 0.1) is 11.3 Å². The molecule has 5 nitrogen and oxygen atoms in total. The summed E-state index contributed by atoms with van der Waals surface area (Å²) in [5.41, 5.74) is 1.82. The molecule has 0 saturated heterocycles. The van der Waals surface area contributed by atoms with Crippen molar-refractivity contribution in [2.75, 3.05) is 0 Å². The van der Waals surface area contributed by atoms with Gasteiger partial charge in [0.15, 0.2) is 0 Å². The SMILES string of the molecule is CC1=C(C(=O)OC(C)C)C(c2ccco2)C2C(=O)CC(C)(C)C=C2N1. The summed E-state index contributed by atoms with van der Waals surface area (Å²) >= 11 is 0. The lowest BCUT2D eigenvalue weighted by Crippen LogP contribution is -2.43. The van der Waals surface area contributed by atoms with E-state index in [1.54, 1.807) is 12.3 Å². The molecule has 0 radical (unpaired) electrons. The summed E-state index contributed by atoms with van der Waals surface area (Å²) in [5.74, 6) is -0.590. The lowest BCUT2D eigenvalue weighted by molar-refractivity contribution is -0.143. The van der Waals surface area contributed by atoms with Crippen LogP contribution in [0.1, 0.15) is 52.7 Å². The molecule has 1 N–H and O–H groups in total. The van der Waals surface area contributed by atoms with E-state index < -0.39 is 17.8 Å². The number of ether oxygens (including phenoxy) is 1. The zero-order valence-corrected chi connectivity index (χ0v) is 15.4. The van der Waals surface area contributed by atoms with Gasteiger partial charge in [-0.05, 0) is 38.3 Å². The quantitative estimate of drug-likeness (QED) is 0.848. The summed E-state index contributed by atoms with van der Waals surface area (Å²) in [6.45, 7) is 9.55. The fraction of sp³-hybridized carbons (Fsp3) is 0.500. The number of fused-ring (bicyclic) bond motifs is 1. The highest BCUT2D eigenvalue weighted by molar-refractivity contribution is 5.96. The van der Waals surface area contributed by atoms with Crippen LogP contribution in [0.4, 0.5) is 0 Å². The zero-order chi connectivity index (χ0) is 18.4.